The van der Waals surface area contributed by atoms with E-state index in [4.69, 9.17) is 23.7 Å². The molecule has 0 bridgehead atoms. The molecule has 4 fully saturated rings. The Morgan fingerprint density at radius 1 is 1.12 bits per heavy atom. The third kappa shape index (κ3) is 3.45. The Morgan fingerprint density at radius 2 is 1.88 bits per heavy atom. The molecule has 1 N–H and O–H groups in total. The summed E-state index contributed by atoms with van der Waals surface area (Å²) in [5, 5.41) is 10.9. The normalized spacial score (nSPS) is 41.2. The van der Waals surface area contributed by atoms with Crippen LogP contribution in [0.25, 0.3) is 0 Å². The molecule has 0 aromatic rings. The first-order valence-corrected chi connectivity index (χ1v) is 9.42. The number of rotatable bonds is 3. The molecule has 0 unspecified atom stereocenters. The molecular formula is C18H28O7. The van der Waals surface area contributed by atoms with Crippen molar-refractivity contribution in [2.75, 3.05) is 6.61 Å². The standard InChI is InChI=1S/C18H28O7/c1-17(2)21-10-12(23-17)15-16(14(20)11-6-7-13(19)22-11)25-18(24-15)8-4-3-5-9-18/h11-12,14-16,20H,3-10H2,1-2H3/t11-,12-,14-,15-,16+/m1/s1. The second kappa shape index (κ2) is 6.46. The predicted molar refractivity (Wildman–Crippen MR) is 85.6 cm³/mol. The number of aliphatic hydroxyl groups is 1. The molecule has 0 aromatic carbocycles. The summed E-state index contributed by atoms with van der Waals surface area (Å²) in [7, 11) is 0. The zero-order valence-corrected chi connectivity index (χ0v) is 14.9. The van der Waals surface area contributed by atoms with Crippen molar-refractivity contribution in [3.05, 3.63) is 0 Å². The Kier molecular flexibility index (Phi) is 4.57. The molecule has 0 aromatic heterocycles. The van der Waals surface area contributed by atoms with E-state index in [9.17, 15) is 9.90 Å². The predicted octanol–water partition coefficient (Wildman–Crippen LogP) is 1.65. The van der Waals surface area contributed by atoms with Gasteiger partial charge in [-0.2, -0.15) is 0 Å². The third-order valence-electron chi connectivity index (χ3n) is 5.67. The van der Waals surface area contributed by atoms with Gasteiger partial charge in [-0.1, -0.05) is 6.42 Å². The van der Waals surface area contributed by atoms with Crippen LogP contribution in [0.5, 0.6) is 0 Å². The number of cyclic esters (lactones) is 1. The van der Waals surface area contributed by atoms with E-state index in [2.05, 4.69) is 0 Å². The zero-order chi connectivity index (χ0) is 17.7. The van der Waals surface area contributed by atoms with Crippen molar-refractivity contribution in [3.8, 4) is 0 Å². The fourth-order valence-electron chi connectivity index (χ4n) is 4.41. The SMILES string of the molecule is CC1(C)OC[C@H]([C@H]2OC3(CCCCC3)O[C@H]2[C@H](O)[C@H]2CCC(=O)O2)O1. The van der Waals surface area contributed by atoms with Gasteiger partial charge in [-0.25, -0.2) is 0 Å². The number of aliphatic hydroxyl groups excluding tert-OH is 1. The van der Waals surface area contributed by atoms with Gasteiger partial charge in [0.25, 0.3) is 0 Å². The van der Waals surface area contributed by atoms with E-state index in [-0.39, 0.29) is 12.1 Å². The molecule has 5 atom stereocenters. The van der Waals surface area contributed by atoms with Gasteiger partial charge >= 0.3 is 5.97 Å². The van der Waals surface area contributed by atoms with Gasteiger partial charge in [-0.15, -0.1) is 0 Å². The number of carbonyl (C=O) groups is 1. The molecule has 3 aliphatic heterocycles. The molecule has 3 saturated heterocycles. The Balaban J connectivity index is 1.53. The molecular weight excluding hydrogens is 328 g/mol. The number of carbonyl (C=O) groups excluding carboxylic acids is 1. The minimum absolute atomic E-state index is 0.270. The average Bonchev–Trinajstić information content (AvgIpc) is 3.25. The first kappa shape index (κ1) is 17.7. The minimum Gasteiger partial charge on any atom is -0.459 e. The highest BCUT2D eigenvalue weighted by atomic mass is 16.8. The van der Waals surface area contributed by atoms with E-state index in [1.807, 2.05) is 13.8 Å². The van der Waals surface area contributed by atoms with E-state index in [0.29, 0.717) is 19.4 Å². The molecule has 4 aliphatic rings. The van der Waals surface area contributed by atoms with E-state index < -0.39 is 36.0 Å². The monoisotopic (exact) mass is 356 g/mol. The fourth-order valence-corrected chi connectivity index (χ4v) is 4.41. The zero-order valence-electron chi connectivity index (χ0n) is 14.9. The van der Waals surface area contributed by atoms with Gasteiger partial charge in [0.05, 0.1) is 6.61 Å². The van der Waals surface area contributed by atoms with Gasteiger partial charge in [0, 0.05) is 19.3 Å². The highest BCUT2D eigenvalue weighted by Crippen LogP contribution is 2.45. The lowest BCUT2D eigenvalue weighted by Crippen LogP contribution is -2.48. The van der Waals surface area contributed by atoms with E-state index in [1.54, 1.807) is 0 Å². The van der Waals surface area contributed by atoms with E-state index in [1.165, 1.54) is 6.42 Å². The average molecular weight is 356 g/mol. The second-order valence-corrected chi connectivity index (χ2v) is 8.06. The fraction of sp³-hybridized carbons (Fsp3) is 0.944. The molecule has 1 saturated carbocycles. The van der Waals surface area contributed by atoms with Gasteiger partial charge in [-0.3, -0.25) is 4.79 Å². The molecule has 4 rings (SSSR count). The van der Waals surface area contributed by atoms with Crippen LogP contribution in [0.3, 0.4) is 0 Å². The molecule has 142 valence electrons. The van der Waals surface area contributed by atoms with Gasteiger partial charge in [-0.05, 0) is 33.1 Å². The van der Waals surface area contributed by atoms with Crippen molar-refractivity contribution in [3.63, 3.8) is 0 Å². The quantitative estimate of drug-likeness (QED) is 0.770. The van der Waals surface area contributed by atoms with E-state index in [0.717, 1.165) is 25.7 Å². The van der Waals surface area contributed by atoms with Crippen LogP contribution in [-0.4, -0.2) is 59.8 Å². The van der Waals surface area contributed by atoms with Crippen molar-refractivity contribution in [2.24, 2.45) is 0 Å². The van der Waals surface area contributed by atoms with Crippen molar-refractivity contribution < 1.29 is 33.6 Å². The summed E-state index contributed by atoms with van der Waals surface area (Å²) < 4.78 is 29.6. The van der Waals surface area contributed by atoms with Crippen LogP contribution >= 0.6 is 0 Å². The maximum atomic E-state index is 11.4. The second-order valence-electron chi connectivity index (χ2n) is 8.06. The van der Waals surface area contributed by atoms with Crippen LogP contribution in [0.15, 0.2) is 0 Å². The summed E-state index contributed by atoms with van der Waals surface area (Å²) in [6.07, 6.45) is 2.92. The maximum absolute atomic E-state index is 11.4. The van der Waals surface area contributed by atoms with Gasteiger partial charge in [0.2, 0.25) is 0 Å². The smallest absolute Gasteiger partial charge is 0.306 e. The van der Waals surface area contributed by atoms with Crippen molar-refractivity contribution >= 4 is 5.97 Å². The molecule has 25 heavy (non-hydrogen) atoms. The van der Waals surface area contributed by atoms with Crippen LogP contribution in [-0.2, 0) is 28.5 Å². The first-order valence-electron chi connectivity index (χ1n) is 9.42. The Morgan fingerprint density at radius 3 is 2.48 bits per heavy atom. The number of ether oxygens (including phenoxy) is 5. The summed E-state index contributed by atoms with van der Waals surface area (Å²) in [6, 6.07) is 0. The molecule has 1 aliphatic carbocycles. The summed E-state index contributed by atoms with van der Waals surface area (Å²) in [5.41, 5.74) is 0. The van der Waals surface area contributed by atoms with Crippen molar-refractivity contribution in [2.45, 2.75) is 101 Å². The highest BCUT2D eigenvalue weighted by molar-refractivity contribution is 5.71. The Bertz CT molecular complexity index is 514. The molecule has 0 amide bonds. The first-order chi connectivity index (χ1) is 11.9. The molecule has 1 spiro atoms. The van der Waals surface area contributed by atoms with Crippen LogP contribution in [0.4, 0.5) is 0 Å². The molecule has 7 heteroatoms. The topological polar surface area (TPSA) is 83.5 Å². The summed E-state index contributed by atoms with van der Waals surface area (Å²) in [4.78, 5) is 11.4. The lowest BCUT2D eigenvalue weighted by atomic mass is 9.94. The minimum atomic E-state index is -0.926. The molecule has 0 radical (unpaired) electrons. The largest absolute Gasteiger partial charge is 0.459 e. The van der Waals surface area contributed by atoms with Crippen LogP contribution in [0.1, 0.15) is 58.8 Å². The summed E-state index contributed by atoms with van der Waals surface area (Å²) >= 11 is 0. The molecule has 7 nitrogen and oxygen atoms in total. The van der Waals surface area contributed by atoms with Crippen molar-refractivity contribution in [1.82, 2.24) is 0 Å². The lowest BCUT2D eigenvalue weighted by molar-refractivity contribution is -0.211. The van der Waals surface area contributed by atoms with Crippen LogP contribution < -0.4 is 0 Å². The lowest BCUT2D eigenvalue weighted by Gasteiger charge is -2.32. The number of esters is 1. The Hall–Kier alpha value is -0.730. The number of hydrogen-bond acceptors (Lipinski definition) is 7. The maximum Gasteiger partial charge on any atom is 0.306 e. The van der Waals surface area contributed by atoms with Gasteiger partial charge in [0.15, 0.2) is 11.6 Å². The summed E-state index contributed by atoms with van der Waals surface area (Å²) in [5.74, 6) is -1.60. The van der Waals surface area contributed by atoms with E-state index >= 15 is 0 Å². The molecule has 3 heterocycles. The Labute approximate surface area is 147 Å². The van der Waals surface area contributed by atoms with Gasteiger partial charge in [0.1, 0.15) is 30.5 Å². The summed E-state index contributed by atoms with van der Waals surface area (Å²) in [6.45, 7) is 4.12. The van der Waals surface area contributed by atoms with Gasteiger partial charge < -0.3 is 28.8 Å². The van der Waals surface area contributed by atoms with Crippen molar-refractivity contribution in [1.29, 1.82) is 0 Å². The van der Waals surface area contributed by atoms with Crippen LogP contribution in [0, 0.1) is 0 Å². The highest BCUT2D eigenvalue weighted by Gasteiger charge is 2.57. The third-order valence-corrected chi connectivity index (χ3v) is 5.67. The number of hydrogen-bond donors (Lipinski definition) is 1. The van der Waals surface area contributed by atoms with Crippen LogP contribution in [0.2, 0.25) is 0 Å².